The second-order valence-electron chi connectivity index (χ2n) is 2.47. The Balaban J connectivity index is 3.29. The molecule has 0 aliphatic heterocycles. The van der Waals surface area contributed by atoms with Gasteiger partial charge in [0.2, 0.25) is 5.91 Å². The van der Waals surface area contributed by atoms with Crippen molar-refractivity contribution in [1.29, 1.82) is 0 Å². The second-order valence-corrected chi connectivity index (χ2v) is 4.05. The fourth-order valence-electron chi connectivity index (χ4n) is 0.696. The largest absolute Gasteiger partial charge is 0.435 e. The first-order valence-corrected chi connectivity index (χ1v) is 4.68. The summed E-state index contributed by atoms with van der Waals surface area (Å²) in [5.41, 5.74) is -1.40. The Labute approximate surface area is 96.7 Å². The van der Waals surface area contributed by atoms with E-state index in [-0.39, 0.29) is 16.2 Å². The number of nitrogens with zero attached hydrogens (tertiary/aromatic N) is 2. The van der Waals surface area contributed by atoms with Gasteiger partial charge in [0.05, 0.1) is 0 Å². The van der Waals surface area contributed by atoms with E-state index in [4.69, 9.17) is 15.7 Å². The van der Waals surface area contributed by atoms with Crippen LogP contribution in [0.1, 0.15) is 16.7 Å². The molecule has 0 radical (unpaired) electrons. The number of rotatable bonds is 1. The molecule has 15 heavy (non-hydrogen) atoms. The summed E-state index contributed by atoms with van der Waals surface area (Å²) in [5, 5.41) is -0.611. The Morgan fingerprint density at radius 1 is 1.67 bits per heavy atom. The lowest BCUT2D eigenvalue weighted by Gasteiger charge is -2.09. The van der Waals surface area contributed by atoms with Gasteiger partial charge in [-0.1, -0.05) is 22.9 Å². The minimum absolute atomic E-state index is 0.193. The second kappa shape index (κ2) is 3.97. The van der Waals surface area contributed by atoms with Gasteiger partial charge in [-0.2, -0.15) is 13.2 Å². The number of anilines is 1. The van der Waals surface area contributed by atoms with E-state index < -0.39 is 34.2 Å². The molecule has 0 spiro atoms. The van der Waals surface area contributed by atoms with Gasteiger partial charge in [0.1, 0.15) is 4.34 Å². The van der Waals surface area contributed by atoms with Crippen LogP contribution in [0.5, 0.6) is 0 Å². The van der Waals surface area contributed by atoms with Crippen molar-refractivity contribution < 1.29 is 22.1 Å². The van der Waals surface area contributed by atoms with Crippen LogP contribution in [0, 0.1) is 0 Å². The number of hydrogen-bond donors (Lipinski definition) is 0. The third-order valence-electron chi connectivity index (χ3n) is 1.35. The summed E-state index contributed by atoms with van der Waals surface area (Å²) in [7, 11) is 0. The SMILES string of the molecule is [2H]C([2H])([2H])N(C(C)=O)c1nc(C(F)(F)F)c(Cl)s1. The van der Waals surface area contributed by atoms with E-state index in [0.717, 1.165) is 6.92 Å². The van der Waals surface area contributed by atoms with Crippen LogP contribution in [-0.2, 0) is 11.0 Å². The maximum atomic E-state index is 12.4. The molecule has 3 nitrogen and oxygen atoms in total. The summed E-state index contributed by atoms with van der Waals surface area (Å²) in [6, 6.07) is 0. The van der Waals surface area contributed by atoms with Crippen molar-refractivity contribution in [3.63, 3.8) is 0 Å². The number of carbonyl (C=O) groups is 1. The van der Waals surface area contributed by atoms with Crippen LogP contribution >= 0.6 is 22.9 Å². The Morgan fingerprint density at radius 3 is 2.60 bits per heavy atom. The quantitative estimate of drug-likeness (QED) is 0.779. The van der Waals surface area contributed by atoms with Crippen molar-refractivity contribution in [2.45, 2.75) is 13.1 Å². The highest BCUT2D eigenvalue weighted by molar-refractivity contribution is 7.19. The molecular weight excluding hydrogens is 253 g/mol. The van der Waals surface area contributed by atoms with Gasteiger partial charge in [-0.05, 0) is 0 Å². The third-order valence-corrected chi connectivity index (χ3v) is 2.59. The number of amides is 1. The highest BCUT2D eigenvalue weighted by atomic mass is 35.5. The first-order chi connectivity index (χ1) is 7.94. The lowest BCUT2D eigenvalue weighted by atomic mass is 10.5. The van der Waals surface area contributed by atoms with Crippen molar-refractivity contribution in [3.05, 3.63) is 10.0 Å². The van der Waals surface area contributed by atoms with E-state index in [1.807, 2.05) is 0 Å². The molecule has 0 fully saturated rings. The lowest BCUT2D eigenvalue weighted by molar-refractivity contribution is -0.140. The summed E-state index contributed by atoms with van der Waals surface area (Å²) in [6.45, 7) is -2.01. The first-order valence-electron chi connectivity index (χ1n) is 4.99. The molecule has 1 amide bonds. The smallest absolute Gasteiger partial charge is 0.291 e. The number of carbonyl (C=O) groups excluding carboxylic acids is 1. The van der Waals surface area contributed by atoms with Crippen LogP contribution in [-0.4, -0.2) is 17.9 Å². The summed E-state index contributed by atoms with van der Waals surface area (Å²) < 4.78 is 57.8. The average molecular weight is 262 g/mol. The zero-order valence-electron chi connectivity index (χ0n) is 10.2. The van der Waals surface area contributed by atoms with Gasteiger partial charge in [0, 0.05) is 18.0 Å². The van der Waals surface area contributed by atoms with Crippen molar-refractivity contribution >= 4 is 34.0 Å². The first kappa shape index (κ1) is 8.35. The molecule has 0 atom stereocenters. The van der Waals surface area contributed by atoms with E-state index >= 15 is 0 Å². The molecule has 0 saturated carbocycles. The Hall–Kier alpha value is -0.820. The zero-order valence-corrected chi connectivity index (χ0v) is 8.80. The highest BCUT2D eigenvalue weighted by Crippen LogP contribution is 2.39. The van der Waals surface area contributed by atoms with Crippen LogP contribution in [0.15, 0.2) is 0 Å². The monoisotopic (exact) mass is 261 g/mol. The average Bonchev–Trinajstić information content (AvgIpc) is 2.42. The molecule has 1 rings (SSSR count). The fourth-order valence-corrected chi connectivity index (χ4v) is 1.83. The van der Waals surface area contributed by atoms with Crippen LogP contribution < -0.4 is 4.90 Å². The molecule has 0 unspecified atom stereocenters. The summed E-state index contributed by atoms with van der Waals surface area (Å²) in [4.78, 5) is 14.4. The van der Waals surface area contributed by atoms with Crippen LogP contribution in [0.3, 0.4) is 0 Å². The Morgan fingerprint density at radius 2 is 2.27 bits per heavy atom. The summed E-state index contributed by atoms with van der Waals surface area (Å²) in [5.74, 6) is -0.950. The van der Waals surface area contributed by atoms with Gasteiger partial charge >= 0.3 is 6.18 Å². The van der Waals surface area contributed by atoms with Crippen molar-refractivity contribution in [2.24, 2.45) is 0 Å². The van der Waals surface area contributed by atoms with Crippen LogP contribution in [0.25, 0.3) is 0 Å². The summed E-state index contributed by atoms with van der Waals surface area (Å²) in [6.07, 6.45) is -4.80. The van der Waals surface area contributed by atoms with E-state index in [9.17, 15) is 18.0 Å². The van der Waals surface area contributed by atoms with E-state index in [1.165, 1.54) is 0 Å². The molecular formula is C7H6ClF3N2OS. The zero-order chi connectivity index (χ0) is 14.3. The van der Waals surface area contributed by atoms with Crippen molar-refractivity contribution in [3.8, 4) is 0 Å². The van der Waals surface area contributed by atoms with Gasteiger partial charge in [-0.25, -0.2) is 4.98 Å². The predicted octanol–water partition coefficient (Wildman–Crippen LogP) is 2.80. The Bertz CT molecular complexity index is 473. The maximum absolute atomic E-state index is 12.4. The van der Waals surface area contributed by atoms with Gasteiger partial charge in [-0.15, -0.1) is 0 Å². The number of thiazole rings is 1. The van der Waals surface area contributed by atoms with Gasteiger partial charge in [0.25, 0.3) is 0 Å². The number of hydrogen-bond acceptors (Lipinski definition) is 3. The molecule has 0 bridgehead atoms. The van der Waals surface area contributed by atoms with E-state index in [2.05, 4.69) is 4.98 Å². The highest BCUT2D eigenvalue weighted by Gasteiger charge is 2.37. The number of aromatic nitrogens is 1. The van der Waals surface area contributed by atoms with Crippen molar-refractivity contribution in [2.75, 3.05) is 11.9 Å². The maximum Gasteiger partial charge on any atom is 0.435 e. The third kappa shape index (κ3) is 2.60. The minimum atomic E-state index is -4.80. The molecule has 84 valence electrons. The van der Waals surface area contributed by atoms with Gasteiger partial charge in [-0.3, -0.25) is 9.69 Å². The molecule has 0 aliphatic carbocycles. The molecule has 8 heteroatoms. The molecule has 0 saturated heterocycles. The molecule has 1 aromatic rings. The normalized spacial score (nSPS) is 15.4. The molecule has 1 heterocycles. The Kier molecular flexibility index (Phi) is 2.21. The number of halogens is 4. The molecule has 0 aliphatic rings. The van der Waals surface area contributed by atoms with Gasteiger partial charge in [0.15, 0.2) is 10.8 Å². The van der Waals surface area contributed by atoms with E-state index in [0.29, 0.717) is 0 Å². The van der Waals surface area contributed by atoms with Crippen molar-refractivity contribution in [1.82, 2.24) is 4.98 Å². The van der Waals surface area contributed by atoms with Gasteiger partial charge < -0.3 is 0 Å². The molecule has 1 aromatic heterocycles. The fraction of sp³-hybridized carbons (Fsp3) is 0.429. The predicted molar refractivity (Wildman–Crippen MR) is 51.2 cm³/mol. The topological polar surface area (TPSA) is 33.2 Å². The van der Waals surface area contributed by atoms with Crippen LogP contribution in [0.4, 0.5) is 18.3 Å². The number of alkyl halides is 3. The summed E-state index contributed by atoms with van der Waals surface area (Å²) >= 11 is 5.63. The minimum Gasteiger partial charge on any atom is -0.291 e. The standard InChI is InChI=1S/C7H6ClF3N2OS/c1-3(14)13(2)6-12-4(5(8)15-6)7(9,10)11/h1-2H3/i2D3. The molecule has 0 aromatic carbocycles. The van der Waals surface area contributed by atoms with Crippen LogP contribution in [0.2, 0.25) is 4.34 Å². The lowest BCUT2D eigenvalue weighted by Crippen LogP contribution is -2.22. The molecule has 0 N–H and O–H groups in total. The van der Waals surface area contributed by atoms with E-state index in [1.54, 1.807) is 0 Å².